The Labute approximate surface area is 60.3 Å². The standard InChI is InChI=1S/C6H4BrFO/c7-4-2-1-3-5(8)6(4)9/h1-3,9H. The van der Waals surface area contributed by atoms with E-state index in [2.05, 4.69) is 15.9 Å². The van der Waals surface area contributed by atoms with E-state index < -0.39 is 5.82 Å². The SMILES string of the molecule is Oc1c(F)cccc1Br. The highest BCUT2D eigenvalue weighted by Crippen LogP contribution is 2.25. The number of para-hydroxylation sites is 1. The number of rotatable bonds is 0. The zero-order valence-corrected chi connectivity index (χ0v) is 6.02. The van der Waals surface area contributed by atoms with E-state index in [4.69, 9.17) is 5.11 Å². The molecule has 0 saturated heterocycles. The molecule has 0 radical (unpaired) electrons. The number of phenols is 1. The Bertz CT molecular complexity index is 204. The van der Waals surface area contributed by atoms with Crippen molar-refractivity contribution < 1.29 is 9.50 Å². The summed E-state index contributed by atoms with van der Waals surface area (Å²) >= 11 is 2.96. The van der Waals surface area contributed by atoms with E-state index in [1.807, 2.05) is 0 Å². The van der Waals surface area contributed by atoms with Crippen LogP contribution in [0.5, 0.6) is 5.75 Å². The van der Waals surface area contributed by atoms with E-state index in [9.17, 15) is 4.39 Å². The number of hydrogen-bond donors (Lipinski definition) is 1. The molecular weight excluding hydrogens is 187 g/mol. The fourth-order valence-corrected chi connectivity index (χ4v) is 0.831. The van der Waals surface area contributed by atoms with E-state index in [0.29, 0.717) is 4.47 Å². The summed E-state index contributed by atoms with van der Waals surface area (Å²) in [6.45, 7) is 0. The van der Waals surface area contributed by atoms with Gasteiger partial charge in [0.25, 0.3) is 0 Å². The summed E-state index contributed by atoms with van der Waals surface area (Å²) in [5, 5.41) is 8.78. The van der Waals surface area contributed by atoms with Crippen LogP contribution >= 0.6 is 15.9 Å². The summed E-state index contributed by atoms with van der Waals surface area (Å²) in [5.41, 5.74) is 0. The number of phenolic OH excluding ortho intramolecular Hbond substituents is 1. The monoisotopic (exact) mass is 190 g/mol. The second-order valence-corrected chi connectivity index (χ2v) is 2.42. The molecule has 0 aliphatic rings. The van der Waals surface area contributed by atoms with Crippen LogP contribution in [0.2, 0.25) is 0 Å². The largest absolute Gasteiger partial charge is 0.504 e. The van der Waals surface area contributed by atoms with Crippen LogP contribution in [0.25, 0.3) is 0 Å². The van der Waals surface area contributed by atoms with Gasteiger partial charge in [-0.1, -0.05) is 6.07 Å². The highest BCUT2D eigenvalue weighted by Gasteiger charge is 2.00. The first-order valence-electron chi connectivity index (χ1n) is 2.35. The van der Waals surface area contributed by atoms with Gasteiger partial charge in [0.2, 0.25) is 0 Å². The molecule has 1 aromatic rings. The lowest BCUT2D eigenvalue weighted by Gasteiger charge is -1.94. The minimum Gasteiger partial charge on any atom is -0.504 e. The highest BCUT2D eigenvalue weighted by molar-refractivity contribution is 9.10. The van der Waals surface area contributed by atoms with Gasteiger partial charge in [-0.05, 0) is 28.1 Å². The van der Waals surface area contributed by atoms with Crippen molar-refractivity contribution >= 4 is 15.9 Å². The number of benzene rings is 1. The Morgan fingerprint density at radius 3 is 2.56 bits per heavy atom. The lowest BCUT2D eigenvalue weighted by Crippen LogP contribution is -1.74. The summed E-state index contributed by atoms with van der Waals surface area (Å²) in [6, 6.07) is 4.28. The lowest BCUT2D eigenvalue weighted by molar-refractivity contribution is 0.429. The van der Waals surface area contributed by atoms with E-state index in [-0.39, 0.29) is 5.75 Å². The molecule has 1 rings (SSSR count). The molecule has 0 spiro atoms. The van der Waals surface area contributed by atoms with Crippen LogP contribution in [-0.4, -0.2) is 5.11 Å². The second-order valence-electron chi connectivity index (χ2n) is 1.57. The lowest BCUT2D eigenvalue weighted by atomic mass is 10.3. The van der Waals surface area contributed by atoms with Gasteiger partial charge in [0.15, 0.2) is 11.6 Å². The van der Waals surface area contributed by atoms with E-state index in [0.717, 1.165) is 0 Å². The minimum atomic E-state index is -0.607. The quantitative estimate of drug-likeness (QED) is 0.666. The molecule has 0 aliphatic carbocycles. The van der Waals surface area contributed by atoms with Crippen LogP contribution in [0.4, 0.5) is 4.39 Å². The van der Waals surface area contributed by atoms with Gasteiger partial charge in [-0.3, -0.25) is 0 Å². The fraction of sp³-hybridized carbons (Fsp3) is 0. The van der Waals surface area contributed by atoms with Gasteiger partial charge in [-0.25, -0.2) is 4.39 Å². The normalized spacial score (nSPS) is 9.56. The molecule has 0 unspecified atom stereocenters. The summed E-state index contributed by atoms with van der Waals surface area (Å²) in [5.74, 6) is -0.943. The van der Waals surface area contributed by atoms with Gasteiger partial charge in [-0.2, -0.15) is 0 Å². The molecular formula is C6H4BrFO. The van der Waals surface area contributed by atoms with Crippen molar-refractivity contribution in [3.63, 3.8) is 0 Å². The fourth-order valence-electron chi connectivity index (χ4n) is 0.489. The Hall–Kier alpha value is -0.570. The maximum atomic E-state index is 12.3. The van der Waals surface area contributed by atoms with Gasteiger partial charge in [0, 0.05) is 0 Å². The first kappa shape index (κ1) is 6.55. The van der Waals surface area contributed by atoms with Crippen LogP contribution < -0.4 is 0 Å². The zero-order chi connectivity index (χ0) is 6.85. The van der Waals surface area contributed by atoms with Crippen LogP contribution in [0.1, 0.15) is 0 Å². The zero-order valence-electron chi connectivity index (χ0n) is 4.44. The highest BCUT2D eigenvalue weighted by atomic mass is 79.9. The van der Waals surface area contributed by atoms with Crippen molar-refractivity contribution in [2.75, 3.05) is 0 Å². The summed E-state index contributed by atoms with van der Waals surface area (Å²) in [4.78, 5) is 0. The predicted octanol–water partition coefficient (Wildman–Crippen LogP) is 2.29. The van der Waals surface area contributed by atoms with Crippen molar-refractivity contribution in [1.82, 2.24) is 0 Å². The molecule has 0 bridgehead atoms. The Kier molecular flexibility index (Phi) is 1.71. The maximum Gasteiger partial charge on any atom is 0.165 e. The molecule has 1 N–H and O–H groups in total. The van der Waals surface area contributed by atoms with Crippen molar-refractivity contribution in [2.24, 2.45) is 0 Å². The maximum absolute atomic E-state index is 12.3. The molecule has 0 aromatic heterocycles. The van der Waals surface area contributed by atoms with Crippen molar-refractivity contribution in [3.05, 3.63) is 28.5 Å². The minimum absolute atomic E-state index is 0.336. The summed E-state index contributed by atoms with van der Waals surface area (Å²) in [6.07, 6.45) is 0. The molecule has 1 nitrogen and oxygen atoms in total. The topological polar surface area (TPSA) is 20.2 Å². The Balaban J connectivity index is 3.25. The smallest absolute Gasteiger partial charge is 0.165 e. The van der Waals surface area contributed by atoms with Gasteiger partial charge in [-0.15, -0.1) is 0 Å². The van der Waals surface area contributed by atoms with Gasteiger partial charge < -0.3 is 5.11 Å². The third-order valence-electron chi connectivity index (χ3n) is 0.938. The molecule has 0 atom stereocenters. The van der Waals surface area contributed by atoms with E-state index in [1.165, 1.54) is 12.1 Å². The summed E-state index contributed by atoms with van der Waals surface area (Å²) < 4.78 is 12.7. The molecule has 0 aliphatic heterocycles. The Morgan fingerprint density at radius 2 is 2.11 bits per heavy atom. The van der Waals surface area contributed by atoms with E-state index >= 15 is 0 Å². The second kappa shape index (κ2) is 2.35. The van der Waals surface area contributed by atoms with Crippen LogP contribution in [0.15, 0.2) is 22.7 Å². The third kappa shape index (κ3) is 1.21. The van der Waals surface area contributed by atoms with Gasteiger partial charge >= 0.3 is 0 Å². The molecule has 0 amide bonds. The third-order valence-corrected chi connectivity index (χ3v) is 1.58. The molecule has 48 valence electrons. The van der Waals surface area contributed by atoms with Crippen LogP contribution in [0.3, 0.4) is 0 Å². The van der Waals surface area contributed by atoms with Crippen molar-refractivity contribution in [2.45, 2.75) is 0 Å². The molecule has 3 heteroatoms. The number of halogens is 2. The molecule has 0 saturated carbocycles. The van der Waals surface area contributed by atoms with Crippen molar-refractivity contribution in [3.8, 4) is 5.75 Å². The number of aromatic hydroxyl groups is 1. The number of hydrogen-bond acceptors (Lipinski definition) is 1. The van der Waals surface area contributed by atoms with E-state index in [1.54, 1.807) is 6.07 Å². The first-order chi connectivity index (χ1) is 4.22. The molecule has 0 fully saturated rings. The molecule has 9 heavy (non-hydrogen) atoms. The first-order valence-corrected chi connectivity index (χ1v) is 3.14. The molecule has 0 heterocycles. The average Bonchev–Trinajstić information content (AvgIpc) is 1.83. The van der Waals surface area contributed by atoms with Crippen molar-refractivity contribution in [1.29, 1.82) is 0 Å². The van der Waals surface area contributed by atoms with Crippen LogP contribution in [-0.2, 0) is 0 Å². The van der Waals surface area contributed by atoms with Crippen LogP contribution in [0, 0.1) is 5.82 Å². The molecule has 1 aromatic carbocycles. The van der Waals surface area contributed by atoms with Gasteiger partial charge in [0.05, 0.1) is 4.47 Å². The summed E-state index contributed by atoms with van der Waals surface area (Å²) in [7, 11) is 0. The predicted molar refractivity (Wildman–Crippen MR) is 35.8 cm³/mol. The Morgan fingerprint density at radius 1 is 1.44 bits per heavy atom. The average molecular weight is 191 g/mol. The van der Waals surface area contributed by atoms with Gasteiger partial charge in [0.1, 0.15) is 0 Å².